The molecule has 2 heteroatoms. The summed E-state index contributed by atoms with van der Waals surface area (Å²) in [4.78, 5) is 2.61. The maximum Gasteiger partial charge on any atom is 0.00787 e. The van der Waals surface area contributed by atoms with E-state index in [1.54, 1.807) is 6.42 Å². The maximum absolute atomic E-state index is 3.53. The van der Waals surface area contributed by atoms with Crippen molar-refractivity contribution < 1.29 is 0 Å². The maximum atomic E-state index is 3.53. The average molecular weight is 252 g/mol. The quantitative estimate of drug-likeness (QED) is 0.749. The van der Waals surface area contributed by atoms with Gasteiger partial charge in [0.15, 0.2) is 0 Å². The molecule has 18 heavy (non-hydrogen) atoms. The zero-order chi connectivity index (χ0) is 13.1. The van der Waals surface area contributed by atoms with Crippen molar-refractivity contribution in [1.82, 2.24) is 10.2 Å². The van der Waals surface area contributed by atoms with Gasteiger partial charge >= 0.3 is 0 Å². The van der Waals surface area contributed by atoms with E-state index < -0.39 is 0 Å². The first kappa shape index (κ1) is 14.3. The zero-order valence-electron chi connectivity index (χ0n) is 12.8. The first-order chi connectivity index (χ1) is 8.60. The van der Waals surface area contributed by atoms with Crippen molar-refractivity contribution in [2.45, 2.75) is 65.0 Å². The van der Waals surface area contributed by atoms with Crippen LogP contribution < -0.4 is 5.32 Å². The van der Waals surface area contributed by atoms with Gasteiger partial charge < -0.3 is 10.2 Å². The van der Waals surface area contributed by atoms with Crippen molar-refractivity contribution in [3.05, 3.63) is 0 Å². The van der Waals surface area contributed by atoms with Gasteiger partial charge in [0.1, 0.15) is 0 Å². The summed E-state index contributed by atoms with van der Waals surface area (Å²) in [5.41, 5.74) is 0. The first-order valence-corrected chi connectivity index (χ1v) is 8.03. The highest BCUT2D eigenvalue weighted by molar-refractivity contribution is 4.91. The molecule has 5 unspecified atom stereocenters. The lowest BCUT2D eigenvalue weighted by molar-refractivity contribution is 0.168. The second kappa shape index (κ2) is 6.38. The molecule has 0 aromatic rings. The van der Waals surface area contributed by atoms with Crippen molar-refractivity contribution >= 4 is 0 Å². The molecule has 0 aromatic heterocycles. The van der Waals surface area contributed by atoms with E-state index in [1.807, 2.05) is 0 Å². The highest BCUT2D eigenvalue weighted by Crippen LogP contribution is 2.48. The van der Waals surface area contributed by atoms with Gasteiger partial charge in [-0.05, 0) is 70.9 Å². The van der Waals surface area contributed by atoms with Gasteiger partial charge in [-0.15, -0.1) is 0 Å². The molecule has 0 saturated heterocycles. The highest BCUT2D eigenvalue weighted by Gasteiger charge is 2.39. The van der Waals surface area contributed by atoms with E-state index in [4.69, 9.17) is 0 Å². The SMILES string of the molecule is CCNC(C)CC(C)N(C)CC1CC2CCC1C2. The van der Waals surface area contributed by atoms with E-state index in [1.165, 1.54) is 32.2 Å². The van der Waals surface area contributed by atoms with Crippen LogP contribution in [0.4, 0.5) is 0 Å². The van der Waals surface area contributed by atoms with Crippen LogP contribution in [0.5, 0.6) is 0 Å². The molecule has 2 rings (SSSR count). The third-order valence-electron chi connectivity index (χ3n) is 5.41. The van der Waals surface area contributed by atoms with E-state index in [0.717, 1.165) is 24.3 Å². The Balaban J connectivity index is 1.72. The van der Waals surface area contributed by atoms with E-state index in [2.05, 4.69) is 38.0 Å². The van der Waals surface area contributed by atoms with E-state index in [0.29, 0.717) is 12.1 Å². The number of hydrogen-bond donors (Lipinski definition) is 1. The van der Waals surface area contributed by atoms with Crippen LogP contribution in [0.1, 0.15) is 52.9 Å². The summed E-state index contributed by atoms with van der Waals surface area (Å²) in [6.07, 6.45) is 7.37. The van der Waals surface area contributed by atoms with Gasteiger partial charge in [-0.25, -0.2) is 0 Å². The van der Waals surface area contributed by atoms with E-state index in [9.17, 15) is 0 Å². The number of nitrogens with zero attached hydrogens (tertiary/aromatic N) is 1. The number of nitrogens with one attached hydrogen (secondary N) is 1. The van der Waals surface area contributed by atoms with Crippen LogP contribution in [0.2, 0.25) is 0 Å². The van der Waals surface area contributed by atoms with Gasteiger partial charge in [0, 0.05) is 18.6 Å². The summed E-state index contributed by atoms with van der Waals surface area (Å²) in [5.74, 6) is 3.16. The molecular formula is C16H32N2. The summed E-state index contributed by atoms with van der Waals surface area (Å²) in [6, 6.07) is 1.35. The molecule has 2 aliphatic rings. The second-order valence-corrected chi connectivity index (χ2v) is 6.92. The molecule has 2 fully saturated rings. The average Bonchev–Trinajstić information content (AvgIpc) is 2.90. The number of rotatable bonds is 7. The van der Waals surface area contributed by atoms with Crippen LogP contribution in [0, 0.1) is 17.8 Å². The number of hydrogen-bond acceptors (Lipinski definition) is 2. The van der Waals surface area contributed by atoms with E-state index >= 15 is 0 Å². The molecule has 0 heterocycles. The molecule has 0 radical (unpaired) electrons. The highest BCUT2D eigenvalue weighted by atomic mass is 15.1. The monoisotopic (exact) mass is 252 g/mol. The Labute approximate surface area is 114 Å². The molecule has 5 atom stereocenters. The van der Waals surface area contributed by atoms with Gasteiger partial charge in [-0.2, -0.15) is 0 Å². The molecular weight excluding hydrogens is 220 g/mol. The molecule has 2 aliphatic carbocycles. The molecule has 0 spiro atoms. The largest absolute Gasteiger partial charge is 0.314 e. The third kappa shape index (κ3) is 3.48. The molecule has 1 N–H and O–H groups in total. The number of fused-ring (bicyclic) bond motifs is 2. The van der Waals surface area contributed by atoms with Crippen LogP contribution in [-0.2, 0) is 0 Å². The Bertz CT molecular complexity index is 253. The van der Waals surface area contributed by atoms with E-state index in [-0.39, 0.29) is 0 Å². The molecule has 2 bridgehead atoms. The van der Waals surface area contributed by atoms with Crippen molar-refractivity contribution in [3.8, 4) is 0 Å². The Hall–Kier alpha value is -0.0800. The second-order valence-electron chi connectivity index (χ2n) is 6.92. The minimum atomic E-state index is 0.646. The zero-order valence-corrected chi connectivity index (χ0v) is 12.8. The fourth-order valence-electron chi connectivity index (χ4n) is 4.27. The van der Waals surface area contributed by atoms with Gasteiger partial charge in [0.05, 0.1) is 0 Å². The van der Waals surface area contributed by atoms with Crippen molar-refractivity contribution in [2.75, 3.05) is 20.1 Å². The summed E-state index contributed by atoms with van der Waals surface area (Å²) in [5, 5.41) is 3.53. The van der Waals surface area contributed by atoms with Crippen molar-refractivity contribution in [3.63, 3.8) is 0 Å². The minimum Gasteiger partial charge on any atom is -0.314 e. The summed E-state index contributed by atoms with van der Waals surface area (Å²) < 4.78 is 0. The molecule has 0 amide bonds. The van der Waals surface area contributed by atoms with Crippen LogP contribution in [-0.4, -0.2) is 37.1 Å². The van der Waals surface area contributed by atoms with Gasteiger partial charge in [0.2, 0.25) is 0 Å². The Morgan fingerprint density at radius 2 is 2.00 bits per heavy atom. The standard InChI is InChI=1S/C16H32N2/c1-5-17-12(2)8-13(3)18(4)11-16-10-14-6-7-15(16)9-14/h12-17H,5-11H2,1-4H3. The van der Waals surface area contributed by atoms with Crippen molar-refractivity contribution in [2.24, 2.45) is 17.8 Å². The molecule has 2 nitrogen and oxygen atoms in total. The molecule has 0 aromatic carbocycles. The molecule has 0 aliphatic heterocycles. The predicted octanol–water partition coefficient (Wildman–Crippen LogP) is 3.13. The van der Waals surface area contributed by atoms with Crippen LogP contribution in [0.3, 0.4) is 0 Å². The normalized spacial score (nSPS) is 34.2. The summed E-state index contributed by atoms with van der Waals surface area (Å²) >= 11 is 0. The topological polar surface area (TPSA) is 15.3 Å². The lowest BCUT2D eigenvalue weighted by atomic mass is 9.88. The fraction of sp³-hybridized carbons (Fsp3) is 1.00. The Kier molecular flexibility index (Phi) is 5.08. The van der Waals surface area contributed by atoms with Gasteiger partial charge in [-0.3, -0.25) is 0 Å². The smallest absolute Gasteiger partial charge is 0.00787 e. The van der Waals surface area contributed by atoms with Crippen molar-refractivity contribution in [1.29, 1.82) is 0 Å². The Morgan fingerprint density at radius 3 is 2.56 bits per heavy atom. The summed E-state index contributed by atoms with van der Waals surface area (Å²) in [7, 11) is 2.33. The van der Waals surface area contributed by atoms with Crippen LogP contribution in [0.25, 0.3) is 0 Å². The van der Waals surface area contributed by atoms with Crippen LogP contribution in [0.15, 0.2) is 0 Å². The lowest BCUT2D eigenvalue weighted by Crippen LogP contribution is -2.39. The minimum absolute atomic E-state index is 0.646. The first-order valence-electron chi connectivity index (χ1n) is 8.03. The fourth-order valence-corrected chi connectivity index (χ4v) is 4.27. The lowest BCUT2D eigenvalue weighted by Gasteiger charge is -2.32. The van der Waals surface area contributed by atoms with Crippen LogP contribution >= 0.6 is 0 Å². The molecule has 106 valence electrons. The predicted molar refractivity (Wildman–Crippen MR) is 78.8 cm³/mol. The van der Waals surface area contributed by atoms with Gasteiger partial charge in [-0.1, -0.05) is 13.3 Å². The summed E-state index contributed by atoms with van der Waals surface area (Å²) in [6.45, 7) is 9.32. The van der Waals surface area contributed by atoms with Gasteiger partial charge in [0.25, 0.3) is 0 Å². The Morgan fingerprint density at radius 1 is 1.22 bits per heavy atom. The third-order valence-corrected chi connectivity index (χ3v) is 5.41. The molecule has 2 saturated carbocycles.